The number of hydrogen-bond acceptors (Lipinski definition) is 3. The first kappa shape index (κ1) is 15.8. The molecule has 0 saturated heterocycles. The van der Waals surface area contributed by atoms with Crippen LogP contribution in [0.5, 0.6) is 5.75 Å². The molecule has 2 aromatic carbocycles. The van der Waals surface area contributed by atoms with E-state index in [1.54, 1.807) is 0 Å². The van der Waals surface area contributed by atoms with Gasteiger partial charge in [-0.1, -0.05) is 18.2 Å². The van der Waals surface area contributed by atoms with Crippen molar-refractivity contribution in [3.05, 3.63) is 59.4 Å². The molecule has 0 unspecified atom stereocenters. The average molecular weight is 317 g/mol. The Balaban J connectivity index is 1.92. The number of aromatic nitrogens is 2. The summed E-state index contributed by atoms with van der Waals surface area (Å²) in [6, 6.07) is 15.9. The van der Waals surface area contributed by atoms with Gasteiger partial charge in [0.15, 0.2) is 0 Å². The van der Waals surface area contributed by atoms with E-state index in [9.17, 15) is 5.26 Å². The largest absolute Gasteiger partial charge is 0.491 e. The van der Waals surface area contributed by atoms with E-state index in [0.29, 0.717) is 11.4 Å². The van der Waals surface area contributed by atoms with Crippen molar-refractivity contribution >= 4 is 22.7 Å². The standard InChI is InChI=1S/C20H19N3O/c1-13(2)24-17-7-5-15(6-8-17)11-16(12-21)20-22-18-9-4-14(3)10-19(18)23-20/h4-11,13H,1-3H3,(H,22,23). The van der Waals surface area contributed by atoms with E-state index in [0.717, 1.165) is 27.9 Å². The van der Waals surface area contributed by atoms with Crippen LogP contribution < -0.4 is 4.74 Å². The molecule has 0 radical (unpaired) electrons. The number of nitrogens with one attached hydrogen (secondary N) is 1. The Morgan fingerprint density at radius 1 is 1.21 bits per heavy atom. The Labute approximate surface area is 141 Å². The highest BCUT2D eigenvalue weighted by Crippen LogP contribution is 2.21. The van der Waals surface area contributed by atoms with Gasteiger partial charge in [0.1, 0.15) is 17.6 Å². The van der Waals surface area contributed by atoms with Crippen molar-refractivity contribution in [2.24, 2.45) is 0 Å². The monoisotopic (exact) mass is 317 g/mol. The van der Waals surface area contributed by atoms with E-state index in [1.165, 1.54) is 0 Å². The summed E-state index contributed by atoms with van der Waals surface area (Å²) in [5.74, 6) is 1.40. The summed E-state index contributed by atoms with van der Waals surface area (Å²) in [6.45, 7) is 6.01. The molecule has 0 aliphatic rings. The highest BCUT2D eigenvalue weighted by molar-refractivity contribution is 5.90. The highest BCUT2D eigenvalue weighted by Gasteiger charge is 2.08. The van der Waals surface area contributed by atoms with Crippen molar-refractivity contribution in [2.45, 2.75) is 26.9 Å². The van der Waals surface area contributed by atoms with Crippen LogP contribution in [0.2, 0.25) is 0 Å². The van der Waals surface area contributed by atoms with Crippen LogP contribution in [-0.4, -0.2) is 16.1 Å². The van der Waals surface area contributed by atoms with Crippen LogP contribution in [-0.2, 0) is 0 Å². The maximum Gasteiger partial charge on any atom is 0.149 e. The van der Waals surface area contributed by atoms with Gasteiger partial charge in [-0.3, -0.25) is 0 Å². The molecule has 1 aromatic heterocycles. The number of fused-ring (bicyclic) bond motifs is 1. The number of nitrogens with zero attached hydrogens (tertiary/aromatic N) is 2. The second-order valence-electron chi connectivity index (χ2n) is 6.01. The van der Waals surface area contributed by atoms with Gasteiger partial charge in [-0.05, 0) is 62.2 Å². The number of benzene rings is 2. The Hall–Kier alpha value is -3.06. The zero-order valence-electron chi connectivity index (χ0n) is 14.0. The quantitative estimate of drug-likeness (QED) is 0.708. The Morgan fingerprint density at radius 3 is 2.62 bits per heavy atom. The SMILES string of the molecule is Cc1ccc2nc(C(C#N)=Cc3ccc(OC(C)C)cc3)[nH]c2c1. The summed E-state index contributed by atoms with van der Waals surface area (Å²) in [7, 11) is 0. The number of nitriles is 1. The third-order valence-corrected chi connectivity index (χ3v) is 3.58. The minimum absolute atomic E-state index is 0.139. The summed E-state index contributed by atoms with van der Waals surface area (Å²) in [4.78, 5) is 7.73. The van der Waals surface area contributed by atoms with Gasteiger partial charge in [0.05, 0.1) is 22.7 Å². The molecule has 1 N–H and O–H groups in total. The molecule has 0 aliphatic carbocycles. The summed E-state index contributed by atoms with van der Waals surface area (Å²) in [5, 5.41) is 9.49. The predicted octanol–water partition coefficient (Wildman–Crippen LogP) is 4.72. The lowest BCUT2D eigenvalue weighted by Crippen LogP contribution is -2.05. The summed E-state index contributed by atoms with van der Waals surface area (Å²) in [6.07, 6.45) is 1.96. The predicted molar refractivity (Wildman–Crippen MR) is 96.5 cm³/mol. The van der Waals surface area contributed by atoms with Crippen LogP contribution in [0, 0.1) is 18.3 Å². The lowest BCUT2D eigenvalue weighted by Gasteiger charge is -2.09. The van der Waals surface area contributed by atoms with E-state index >= 15 is 0 Å². The van der Waals surface area contributed by atoms with Gasteiger partial charge < -0.3 is 9.72 Å². The first-order valence-corrected chi connectivity index (χ1v) is 7.90. The van der Waals surface area contributed by atoms with E-state index in [2.05, 4.69) is 16.0 Å². The fraction of sp³-hybridized carbons (Fsp3) is 0.200. The lowest BCUT2D eigenvalue weighted by atomic mass is 10.1. The minimum Gasteiger partial charge on any atom is -0.491 e. The number of H-pyrrole nitrogens is 1. The first-order chi connectivity index (χ1) is 11.5. The van der Waals surface area contributed by atoms with Gasteiger partial charge in [0, 0.05) is 0 Å². The van der Waals surface area contributed by atoms with E-state index in [1.807, 2.05) is 69.3 Å². The van der Waals surface area contributed by atoms with Crippen molar-refractivity contribution in [1.82, 2.24) is 9.97 Å². The molecule has 0 spiro atoms. The lowest BCUT2D eigenvalue weighted by molar-refractivity contribution is 0.242. The fourth-order valence-electron chi connectivity index (χ4n) is 2.49. The second kappa shape index (κ2) is 6.59. The maximum absolute atomic E-state index is 9.49. The minimum atomic E-state index is 0.139. The van der Waals surface area contributed by atoms with Gasteiger partial charge in [0.25, 0.3) is 0 Å². The molecule has 3 rings (SSSR count). The number of imidazole rings is 1. The Bertz CT molecular complexity index is 928. The van der Waals surface area contributed by atoms with Gasteiger partial charge in [-0.25, -0.2) is 4.98 Å². The van der Waals surface area contributed by atoms with Crippen molar-refractivity contribution in [2.75, 3.05) is 0 Å². The van der Waals surface area contributed by atoms with Crippen LogP contribution in [0.3, 0.4) is 0 Å². The van der Waals surface area contributed by atoms with E-state index < -0.39 is 0 Å². The summed E-state index contributed by atoms with van der Waals surface area (Å²) >= 11 is 0. The molecule has 0 atom stereocenters. The molecule has 4 nitrogen and oxygen atoms in total. The molecule has 24 heavy (non-hydrogen) atoms. The topological polar surface area (TPSA) is 61.7 Å². The number of ether oxygens (including phenoxy) is 1. The van der Waals surface area contributed by atoms with Crippen LogP contribution >= 0.6 is 0 Å². The third kappa shape index (κ3) is 3.47. The molecule has 0 aliphatic heterocycles. The Kier molecular flexibility index (Phi) is 4.35. The van der Waals surface area contributed by atoms with Crippen LogP contribution in [0.25, 0.3) is 22.7 Å². The zero-order valence-corrected chi connectivity index (χ0v) is 14.0. The maximum atomic E-state index is 9.49. The summed E-state index contributed by atoms with van der Waals surface area (Å²) in [5.41, 5.74) is 4.38. The van der Waals surface area contributed by atoms with Crippen molar-refractivity contribution in [3.63, 3.8) is 0 Å². The number of allylic oxidation sites excluding steroid dienone is 1. The zero-order chi connectivity index (χ0) is 17.1. The number of aromatic amines is 1. The number of aryl methyl sites for hydroxylation is 1. The van der Waals surface area contributed by atoms with Gasteiger partial charge in [0.2, 0.25) is 0 Å². The molecule has 4 heteroatoms. The van der Waals surface area contributed by atoms with Crippen molar-refractivity contribution in [1.29, 1.82) is 5.26 Å². The Morgan fingerprint density at radius 2 is 1.96 bits per heavy atom. The van der Waals surface area contributed by atoms with E-state index in [4.69, 9.17) is 4.74 Å². The first-order valence-electron chi connectivity index (χ1n) is 7.90. The molecule has 0 bridgehead atoms. The number of hydrogen-bond donors (Lipinski definition) is 1. The smallest absolute Gasteiger partial charge is 0.149 e. The highest BCUT2D eigenvalue weighted by atomic mass is 16.5. The van der Waals surface area contributed by atoms with Gasteiger partial charge in [-0.15, -0.1) is 0 Å². The van der Waals surface area contributed by atoms with Gasteiger partial charge >= 0.3 is 0 Å². The molecular formula is C20H19N3O. The molecule has 0 fully saturated rings. The average Bonchev–Trinajstić information content (AvgIpc) is 2.96. The normalized spacial score (nSPS) is 11.7. The molecule has 3 aromatic rings. The van der Waals surface area contributed by atoms with Crippen LogP contribution in [0.1, 0.15) is 30.8 Å². The summed E-state index contributed by atoms with van der Waals surface area (Å²) < 4.78 is 5.63. The van der Waals surface area contributed by atoms with Crippen LogP contribution in [0.4, 0.5) is 0 Å². The second-order valence-corrected chi connectivity index (χ2v) is 6.01. The van der Waals surface area contributed by atoms with E-state index in [-0.39, 0.29) is 6.10 Å². The molecule has 0 amide bonds. The fourth-order valence-corrected chi connectivity index (χ4v) is 2.49. The van der Waals surface area contributed by atoms with Crippen molar-refractivity contribution < 1.29 is 4.74 Å². The van der Waals surface area contributed by atoms with Gasteiger partial charge in [-0.2, -0.15) is 5.26 Å². The molecule has 0 saturated carbocycles. The number of rotatable bonds is 4. The molecular weight excluding hydrogens is 298 g/mol. The molecule has 1 heterocycles. The third-order valence-electron chi connectivity index (χ3n) is 3.58. The van der Waals surface area contributed by atoms with Crippen LogP contribution in [0.15, 0.2) is 42.5 Å². The van der Waals surface area contributed by atoms with Crippen molar-refractivity contribution in [3.8, 4) is 11.8 Å². The molecule has 120 valence electrons.